The lowest BCUT2D eigenvalue weighted by Gasteiger charge is -2.22. The van der Waals surface area contributed by atoms with E-state index in [4.69, 9.17) is 16.2 Å². The summed E-state index contributed by atoms with van der Waals surface area (Å²) in [4.78, 5) is 65.1. The van der Waals surface area contributed by atoms with Crippen LogP contribution in [0.3, 0.4) is 0 Å². The lowest BCUT2D eigenvalue weighted by Crippen LogP contribution is -2.53. The fourth-order valence-corrected chi connectivity index (χ4v) is 5.48. The Kier molecular flexibility index (Phi) is 18.5. The maximum absolute atomic E-state index is 13.5. The molecule has 2 rings (SSSR count). The van der Waals surface area contributed by atoms with Crippen LogP contribution in [0.5, 0.6) is 0 Å². The Labute approximate surface area is 279 Å². The smallest absolute Gasteiger partial charge is 0.328 e. The molecule has 0 fully saturated rings. The number of nitrogen functional groups attached to an aromatic ring is 2. The van der Waals surface area contributed by atoms with Crippen LogP contribution in [0.25, 0.3) is 0 Å². The Balaban J connectivity index is 1.95. The van der Waals surface area contributed by atoms with Crippen molar-refractivity contribution in [3.05, 3.63) is 59.7 Å². The van der Waals surface area contributed by atoms with E-state index in [1.165, 1.54) is 63.9 Å². The molecule has 0 aliphatic rings. The number of nitrogens with two attached hydrogens (primary N) is 2. The highest BCUT2D eigenvalue weighted by Crippen LogP contribution is 2.17. The van der Waals surface area contributed by atoms with E-state index in [9.17, 15) is 24.0 Å². The second kappa shape index (κ2) is 22.3. The van der Waals surface area contributed by atoms with Crippen LogP contribution in [0.4, 0.5) is 11.4 Å². The van der Waals surface area contributed by atoms with Crippen LogP contribution in [-0.2, 0) is 19.1 Å². The molecular formula is C37H54N4O6. The van der Waals surface area contributed by atoms with Crippen LogP contribution in [-0.4, -0.2) is 48.5 Å². The van der Waals surface area contributed by atoms with Crippen molar-refractivity contribution in [1.29, 1.82) is 0 Å². The van der Waals surface area contributed by atoms with Crippen LogP contribution in [0.1, 0.15) is 130 Å². The maximum Gasteiger partial charge on any atom is 0.328 e. The van der Waals surface area contributed by atoms with Crippen molar-refractivity contribution in [3.63, 3.8) is 0 Å². The van der Waals surface area contributed by atoms with Gasteiger partial charge in [-0.15, -0.1) is 0 Å². The molecule has 258 valence electrons. The van der Waals surface area contributed by atoms with E-state index in [-0.39, 0.29) is 34.8 Å². The Bertz CT molecular complexity index is 1300. The molecule has 0 heterocycles. The zero-order valence-corrected chi connectivity index (χ0v) is 28.2. The quantitative estimate of drug-likeness (QED) is 0.0442. The van der Waals surface area contributed by atoms with Gasteiger partial charge in [0.2, 0.25) is 11.8 Å². The molecule has 2 amide bonds. The summed E-state index contributed by atoms with van der Waals surface area (Å²) in [7, 11) is 1.14. The van der Waals surface area contributed by atoms with Crippen molar-refractivity contribution < 1.29 is 28.7 Å². The molecule has 0 saturated carbocycles. The topological polar surface area (TPSA) is 171 Å². The monoisotopic (exact) mass is 650 g/mol. The van der Waals surface area contributed by atoms with Crippen molar-refractivity contribution >= 4 is 40.7 Å². The highest BCUT2D eigenvalue weighted by molar-refractivity contribution is 6.05. The Hall–Kier alpha value is -4.21. The van der Waals surface area contributed by atoms with Crippen molar-refractivity contribution in [3.8, 4) is 0 Å². The minimum atomic E-state index is -1.36. The van der Waals surface area contributed by atoms with Crippen molar-refractivity contribution in [2.24, 2.45) is 0 Å². The number of carbonyl (C=O) groups excluding carboxylic acids is 5. The molecule has 10 heteroatoms. The molecule has 10 nitrogen and oxygen atoms in total. The van der Waals surface area contributed by atoms with Crippen LogP contribution in [0.2, 0.25) is 0 Å². The van der Waals surface area contributed by atoms with Gasteiger partial charge in [-0.05, 0) is 30.7 Å². The lowest BCUT2D eigenvalue weighted by atomic mass is 9.99. The molecule has 2 aromatic carbocycles. The zero-order chi connectivity index (χ0) is 34.4. The van der Waals surface area contributed by atoms with E-state index in [1.807, 2.05) is 0 Å². The van der Waals surface area contributed by atoms with Crippen LogP contribution < -0.4 is 22.1 Å². The summed E-state index contributed by atoms with van der Waals surface area (Å²) >= 11 is 0. The van der Waals surface area contributed by atoms with Gasteiger partial charge < -0.3 is 26.8 Å². The van der Waals surface area contributed by atoms with Crippen molar-refractivity contribution in [2.45, 2.75) is 122 Å². The van der Waals surface area contributed by atoms with E-state index in [0.29, 0.717) is 6.42 Å². The number of benzene rings is 2. The van der Waals surface area contributed by atoms with Crippen molar-refractivity contribution in [2.75, 3.05) is 18.6 Å². The van der Waals surface area contributed by atoms with Gasteiger partial charge in [0.05, 0.1) is 7.11 Å². The van der Waals surface area contributed by atoms with E-state index in [2.05, 4.69) is 17.6 Å². The Morgan fingerprint density at radius 2 is 1.04 bits per heavy atom. The predicted octanol–water partition coefficient (Wildman–Crippen LogP) is 6.32. The summed E-state index contributed by atoms with van der Waals surface area (Å²) in [6.07, 6.45) is 14.7. The van der Waals surface area contributed by atoms with E-state index in [1.54, 1.807) is 42.5 Å². The highest BCUT2D eigenvalue weighted by Gasteiger charge is 2.31. The predicted molar refractivity (Wildman–Crippen MR) is 186 cm³/mol. The molecule has 2 unspecified atom stereocenters. The number of methoxy groups -OCH3 is 1. The number of anilines is 2. The second-order valence-corrected chi connectivity index (χ2v) is 12.1. The molecule has 0 saturated heterocycles. The summed E-state index contributed by atoms with van der Waals surface area (Å²) in [6.45, 7) is 2.23. The standard InChI is InChI=1S/C37H54N4O6/c1-3-4-5-6-7-8-9-10-11-12-13-14-15-24-35(44)40-31(25-33(42)27-20-16-18-22-29(27)38)36(45)41-32(37(46)47-2)26-34(43)28-21-17-19-23-30(28)39/h16-23,31-32H,3-15,24-26,38-39H2,1-2H3,(H,40,44)(H,41,45). The second-order valence-electron chi connectivity index (χ2n) is 12.1. The first-order valence-electron chi connectivity index (χ1n) is 17.1. The van der Waals surface area contributed by atoms with E-state index in [0.717, 1.165) is 26.4 Å². The molecule has 47 heavy (non-hydrogen) atoms. The third kappa shape index (κ3) is 14.8. The van der Waals surface area contributed by atoms with Gasteiger partial charge in [0, 0.05) is 41.8 Å². The van der Waals surface area contributed by atoms with Crippen LogP contribution in [0.15, 0.2) is 48.5 Å². The molecular weight excluding hydrogens is 596 g/mol. The molecule has 0 radical (unpaired) electrons. The highest BCUT2D eigenvalue weighted by atomic mass is 16.5. The summed E-state index contributed by atoms with van der Waals surface area (Å²) in [5.74, 6) is -2.96. The van der Waals surface area contributed by atoms with E-state index >= 15 is 0 Å². The van der Waals surface area contributed by atoms with Gasteiger partial charge in [0.15, 0.2) is 11.6 Å². The fourth-order valence-electron chi connectivity index (χ4n) is 5.48. The third-order valence-corrected chi connectivity index (χ3v) is 8.26. The first kappa shape index (κ1) is 39.0. The number of esters is 1. The number of ketones is 2. The zero-order valence-electron chi connectivity index (χ0n) is 28.2. The Morgan fingerprint density at radius 1 is 0.617 bits per heavy atom. The lowest BCUT2D eigenvalue weighted by molar-refractivity contribution is -0.145. The number of Topliss-reactive ketones (excluding diaryl/α,β-unsaturated/α-hetero) is 2. The molecule has 0 spiro atoms. The van der Waals surface area contributed by atoms with Crippen LogP contribution in [0, 0.1) is 0 Å². The van der Waals surface area contributed by atoms with Gasteiger partial charge in [-0.1, -0.05) is 108 Å². The first-order chi connectivity index (χ1) is 22.7. The molecule has 0 bridgehead atoms. The molecule has 2 atom stereocenters. The number of hydrogen-bond acceptors (Lipinski definition) is 8. The maximum atomic E-state index is 13.5. The van der Waals surface area contributed by atoms with Gasteiger partial charge in [-0.3, -0.25) is 19.2 Å². The van der Waals surface area contributed by atoms with Gasteiger partial charge in [0.1, 0.15) is 12.1 Å². The Morgan fingerprint density at radius 3 is 1.49 bits per heavy atom. The molecule has 2 aromatic rings. The van der Waals surface area contributed by atoms with Gasteiger partial charge in [-0.25, -0.2) is 4.79 Å². The van der Waals surface area contributed by atoms with E-state index < -0.39 is 48.4 Å². The molecule has 6 N–H and O–H groups in total. The average molecular weight is 651 g/mol. The van der Waals surface area contributed by atoms with Crippen LogP contribution >= 0.6 is 0 Å². The number of para-hydroxylation sites is 2. The minimum Gasteiger partial charge on any atom is -0.467 e. The molecule has 0 aromatic heterocycles. The fraction of sp³-hybridized carbons (Fsp3) is 0.541. The minimum absolute atomic E-state index is 0.190. The number of carbonyl (C=O) groups is 5. The summed E-state index contributed by atoms with van der Waals surface area (Å²) in [5, 5.41) is 5.18. The first-order valence-corrected chi connectivity index (χ1v) is 17.1. The largest absolute Gasteiger partial charge is 0.467 e. The summed E-state index contributed by atoms with van der Waals surface area (Å²) < 4.78 is 4.83. The number of ether oxygens (including phenoxy) is 1. The number of hydrogen-bond donors (Lipinski definition) is 4. The molecule has 0 aliphatic carbocycles. The third-order valence-electron chi connectivity index (χ3n) is 8.26. The van der Waals surface area contributed by atoms with Gasteiger partial charge in [0.25, 0.3) is 0 Å². The number of unbranched alkanes of at least 4 members (excludes halogenated alkanes) is 12. The van der Waals surface area contributed by atoms with Gasteiger partial charge >= 0.3 is 5.97 Å². The molecule has 0 aliphatic heterocycles. The number of rotatable bonds is 24. The van der Waals surface area contributed by atoms with Gasteiger partial charge in [-0.2, -0.15) is 0 Å². The SMILES string of the molecule is CCCCCCCCCCCCCCCC(=O)NC(CC(=O)c1ccccc1N)C(=O)NC(CC(=O)c1ccccc1N)C(=O)OC. The van der Waals surface area contributed by atoms with Crippen molar-refractivity contribution in [1.82, 2.24) is 10.6 Å². The number of nitrogens with one attached hydrogen (secondary N) is 2. The normalized spacial score (nSPS) is 12.1. The average Bonchev–Trinajstić information content (AvgIpc) is 3.06. The summed E-state index contributed by atoms with van der Waals surface area (Å²) in [5.41, 5.74) is 12.8. The summed E-state index contributed by atoms with van der Waals surface area (Å²) in [6, 6.07) is 10.2. The number of amides is 2.